The average Bonchev–Trinajstić information content (AvgIpc) is 3.06. The molecule has 6 atom stereocenters. The number of rotatable bonds is 8. The first-order valence-corrected chi connectivity index (χ1v) is 16.7. The zero-order valence-electron chi connectivity index (χ0n) is 23.6. The summed E-state index contributed by atoms with van der Waals surface area (Å²) in [5.74, 6) is -3.39. The number of nitrogens with one attached hydrogen (secondary N) is 3. The number of phenols is 1. The zero-order valence-corrected chi connectivity index (χ0v) is 26.7. The molecule has 2 aromatic rings. The molecule has 2 fully saturated rings. The van der Waals surface area contributed by atoms with Crippen molar-refractivity contribution in [2.24, 2.45) is 5.73 Å². The van der Waals surface area contributed by atoms with Crippen LogP contribution in [0.1, 0.15) is 23.2 Å². The molecule has 0 bridgehead atoms. The molecule has 0 aromatic heterocycles. The number of nitrogens with two attached hydrogens (primary N) is 1. The Labute approximate surface area is 280 Å². The third-order valence-corrected chi connectivity index (χ3v) is 11.3. The Morgan fingerprint density at radius 2 is 1.37 bits per heavy atom. The number of phenolic OH excluding ortho intramolecular Hbond substituents is 1. The van der Waals surface area contributed by atoms with Gasteiger partial charge in [0, 0.05) is 11.5 Å². The van der Waals surface area contributed by atoms with Gasteiger partial charge < -0.3 is 31.9 Å². The normalized spacial score (nSPS) is 25.0. The number of amides is 5. The molecule has 13 nitrogen and oxygen atoms in total. The SMILES string of the molecule is NC(C(=O)NC1C(=O)N2C(C(=O)NC(C(=O)NC3C(=O)N4C(O)=C(Cl)CSC34)c3ccc(O)cc3)=C(Cl)CSC12)c1ccccc1. The van der Waals surface area contributed by atoms with Crippen LogP contribution in [0.15, 0.2) is 76.2 Å². The first-order chi connectivity index (χ1) is 22.0. The summed E-state index contributed by atoms with van der Waals surface area (Å²) in [6.45, 7) is 0. The first kappa shape index (κ1) is 32.1. The summed E-state index contributed by atoms with van der Waals surface area (Å²) in [4.78, 5) is 68.5. The van der Waals surface area contributed by atoms with E-state index >= 15 is 0 Å². The molecule has 2 saturated heterocycles. The second kappa shape index (κ2) is 12.7. The number of halogens is 2. The highest BCUT2D eigenvalue weighted by Crippen LogP contribution is 2.42. The quantitative estimate of drug-likeness (QED) is 0.219. The molecular formula is C29H26Cl2N6O7S2. The molecule has 4 heterocycles. The lowest BCUT2D eigenvalue weighted by atomic mass is 10.0. The maximum atomic E-state index is 13.7. The molecule has 4 aliphatic rings. The van der Waals surface area contributed by atoms with Crippen molar-refractivity contribution in [2.75, 3.05) is 11.5 Å². The van der Waals surface area contributed by atoms with E-state index in [1.807, 2.05) is 0 Å². The smallest absolute Gasteiger partial charge is 0.270 e. The highest BCUT2D eigenvalue weighted by atomic mass is 35.5. The summed E-state index contributed by atoms with van der Waals surface area (Å²) in [5, 5.41) is 26.8. The summed E-state index contributed by atoms with van der Waals surface area (Å²) < 4.78 is 0. The van der Waals surface area contributed by atoms with Crippen LogP contribution in [-0.4, -0.2) is 83.9 Å². The van der Waals surface area contributed by atoms with E-state index in [-0.39, 0.29) is 44.5 Å². The Hall–Kier alpha value is -3.89. The third kappa shape index (κ3) is 5.66. The monoisotopic (exact) mass is 704 g/mol. The van der Waals surface area contributed by atoms with Crippen molar-refractivity contribution >= 4 is 76.3 Å². The number of β-lactam (4-membered cyclic amide) rings is 2. The third-order valence-electron chi connectivity index (χ3n) is 7.83. The summed E-state index contributed by atoms with van der Waals surface area (Å²) in [6, 6.07) is 9.79. The summed E-state index contributed by atoms with van der Waals surface area (Å²) >= 11 is 14.9. The highest BCUT2D eigenvalue weighted by Gasteiger charge is 2.55. The Bertz CT molecular complexity index is 1690. The van der Waals surface area contributed by atoms with Gasteiger partial charge in [0.1, 0.15) is 46.4 Å². The second-order valence-electron chi connectivity index (χ2n) is 10.7. The topological polar surface area (TPSA) is 194 Å². The van der Waals surface area contributed by atoms with Gasteiger partial charge in [0.2, 0.25) is 17.7 Å². The van der Waals surface area contributed by atoms with Crippen molar-refractivity contribution in [1.29, 1.82) is 0 Å². The maximum absolute atomic E-state index is 13.7. The van der Waals surface area contributed by atoms with E-state index in [1.54, 1.807) is 30.3 Å². The van der Waals surface area contributed by atoms with E-state index in [9.17, 15) is 34.2 Å². The lowest BCUT2D eigenvalue weighted by Gasteiger charge is -2.49. The van der Waals surface area contributed by atoms with Crippen LogP contribution in [0.4, 0.5) is 0 Å². The minimum atomic E-state index is -1.38. The zero-order chi connectivity index (χ0) is 32.9. The molecular weight excluding hydrogens is 679 g/mol. The summed E-state index contributed by atoms with van der Waals surface area (Å²) in [6.07, 6.45) is 0. The molecule has 240 valence electrons. The van der Waals surface area contributed by atoms with E-state index in [2.05, 4.69) is 16.0 Å². The summed E-state index contributed by atoms with van der Waals surface area (Å²) in [5.41, 5.74) is 6.75. The van der Waals surface area contributed by atoms with Crippen LogP contribution in [0.25, 0.3) is 0 Å². The molecule has 17 heteroatoms. The number of nitrogens with zero attached hydrogens (tertiary/aromatic N) is 2. The lowest BCUT2D eigenvalue weighted by Crippen LogP contribution is -2.71. The van der Waals surface area contributed by atoms with E-state index in [0.717, 1.165) is 4.90 Å². The van der Waals surface area contributed by atoms with Gasteiger partial charge in [0.15, 0.2) is 0 Å². The number of benzene rings is 2. The molecule has 6 rings (SSSR count). The Morgan fingerprint density at radius 1 is 0.804 bits per heavy atom. The Balaban J connectivity index is 1.18. The first-order valence-electron chi connectivity index (χ1n) is 13.8. The molecule has 6 unspecified atom stereocenters. The van der Waals surface area contributed by atoms with Crippen LogP contribution in [-0.2, 0) is 24.0 Å². The van der Waals surface area contributed by atoms with Gasteiger partial charge >= 0.3 is 0 Å². The van der Waals surface area contributed by atoms with Gasteiger partial charge in [0.05, 0.1) is 10.1 Å². The minimum absolute atomic E-state index is 0.0605. The van der Waals surface area contributed by atoms with Gasteiger partial charge in [-0.1, -0.05) is 65.7 Å². The fourth-order valence-corrected chi connectivity index (χ4v) is 8.41. The van der Waals surface area contributed by atoms with E-state index in [1.165, 1.54) is 52.7 Å². The standard InChI is InChI=1S/C29H26Cl2N6O7S2/c30-15-10-45-28-19(34-22(39)17(32)12-4-2-1-3-5-12)26(43)36(28)21(15)24(41)33-18(13-6-8-14(38)9-7-13)23(40)35-20-27(44)37-25(42)16(31)11-46-29(20)37/h1-9,17-20,28-29,38,42H,10-11,32H2,(H,33,41)(H,34,39)(H,35,40). The minimum Gasteiger partial charge on any atom is -0.508 e. The van der Waals surface area contributed by atoms with Crippen molar-refractivity contribution in [1.82, 2.24) is 25.8 Å². The second-order valence-corrected chi connectivity index (χ2v) is 13.8. The Morgan fingerprint density at radius 3 is 2.02 bits per heavy atom. The fraction of sp³-hybridized carbons (Fsp3) is 0.276. The van der Waals surface area contributed by atoms with Gasteiger partial charge in [-0.25, -0.2) is 0 Å². The van der Waals surface area contributed by atoms with E-state index in [0.29, 0.717) is 5.56 Å². The molecule has 7 N–H and O–H groups in total. The molecule has 0 radical (unpaired) electrons. The Kier molecular flexibility index (Phi) is 8.87. The highest BCUT2D eigenvalue weighted by molar-refractivity contribution is 8.00. The molecule has 4 aliphatic heterocycles. The van der Waals surface area contributed by atoms with Gasteiger partial charge in [0.25, 0.3) is 17.7 Å². The van der Waals surface area contributed by atoms with E-state index < -0.39 is 64.5 Å². The number of aliphatic hydroxyl groups excluding tert-OH is 1. The number of carbonyl (C=O) groups is 5. The van der Waals surface area contributed by atoms with Gasteiger partial charge in [-0.15, -0.1) is 23.5 Å². The van der Waals surface area contributed by atoms with Crippen molar-refractivity contribution in [3.05, 3.63) is 87.4 Å². The fourth-order valence-electron chi connectivity index (χ4n) is 5.40. The number of aromatic hydroxyl groups is 1. The van der Waals surface area contributed by atoms with Crippen LogP contribution < -0.4 is 21.7 Å². The molecule has 0 saturated carbocycles. The largest absolute Gasteiger partial charge is 0.508 e. The van der Waals surface area contributed by atoms with Gasteiger partial charge in [-0.05, 0) is 23.3 Å². The van der Waals surface area contributed by atoms with Crippen LogP contribution in [0.5, 0.6) is 5.75 Å². The predicted octanol–water partition coefficient (Wildman–Crippen LogP) is 1.47. The van der Waals surface area contributed by atoms with Crippen LogP contribution in [0, 0.1) is 0 Å². The molecule has 2 aromatic carbocycles. The lowest BCUT2D eigenvalue weighted by molar-refractivity contribution is -0.149. The van der Waals surface area contributed by atoms with Crippen molar-refractivity contribution in [2.45, 2.75) is 34.9 Å². The number of hydrogen-bond acceptors (Lipinski definition) is 10. The number of fused-ring (bicyclic) bond motifs is 2. The van der Waals surface area contributed by atoms with Crippen molar-refractivity contribution < 1.29 is 34.2 Å². The average molecular weight is 706 g/mol. The van der Waals surface area contributed by atoms with Crippen LogP contribution >= 0.6 is 46.7 Å². The van der Waals surface area contributed by atoms with Gasteiger partial charge in [-0.2, -0.15) is 0 Å². The van der Waals surface area contributed by atoms with Crippen LogP contribution in [0.2, 0.25) is 0 Å². The maximum Gasteiger partial charge on any atom is 0.270 e. The molecule has 0 spiro atoms. The molecule has 46 heavy (non-hydrogen) atoms. The van der Waals surface area contributed by atoms with Crippen molar-refractivity contribution in [3.8, 4) is 5.75 Å². The summed E-state index contributed by atoms with van der Waals surface area (Å²) in [7, 11) is 0. The predicted molar refractivity (Wildman–Crippen MR) is 171 cm³/mol. The molecule has 5 amide bonds. The number of thioether (sulfide) groups is 2. The number of hydrogen-bond donors (Lipinski definition) is 6. The van der Waals surface area contributed by atoms with Crippen molar-refractivity contribution in [3.63, 3.8) is 0 Å². The van der Waals surface area contributed by atoms with E-state index in [4.69, 9.17) is 28.9 Å². The van der Waals surface area contributed by atoms with Crippen LogP contribution in [0.3, 0.4) is 0 Å². The number of carbonyl (C=O) groups excluding carboxylic acids is 5. The van der Waals surface area contributed by atoms with Gasteiger partial charge in [-0.3, -0.25) is 33.8 Å². The number of aliphatic hydroxyl groups is 1. The molecule has 0 aliphatic carbocycles.